The van der Waals surface area contributed by atoms with Crippen LogP contribution in [0, 0.1) is 0 Å². The van der Waals surface area contributed by atoms with Gasteiger partial charge in [-0.3, -0.25) is 9.78 Å². The molecule has 0 unspecified atom stereocenters. The summed E-state index contributed by atoms with van der Waals surface area (Å²) in [4.78, 5) is 18.8. The highest BCUT2D eigenvalue weighted by Gasteiger charge is 2.24. The first-order valence-corrected chi connectivity index (χ1v) is 9.46. The molecule has 144 valence electrons. The van der Waals surface area contributed by atoms with Crippen molar-refractivity contribution in [1.29, 1.82) is 0 Å². The van der Waals surface area contributed by atoms with Crippen LogP contribution in [0.3, 0.4) is 0 Å². The number of piperidine rings is 1. The molecule has 0 saturated carbocycles. The van der Waals surface area contributed by atoms with E-state index >= 15 is 0 Å². The molecule has 1 aliphatic rings. The van der Waals surface area contributed by atoms with Gasteiger partial charge in [0, 0.05) is 37.1 Å². The van der Waals surface area contributed by atoms with E-state index in [2.05, 4.69) is 10.3 Å². The summed E-state index contributed by atoms with van der Waals surface area (Å²) in [6, 6.07) is 9.60. The van der Waals surface area contributed by atoms with Crippen LogP contribution in [-0.4, -0.2) is 48.6 Å². The van der Waals surface area contributed by atoms with Crippen LogP contribution in [0.1, 0.15) is 35.7 Å². The first-order chi connectivity index (χ1) is 13.2. The number of hydrogen-bond donors (Lipinski definition) is 1. The third-order valence-corrected chi connectivity index (χ3v) is 4.75. The van der Waals surface area contributed by atoms with Gasteiger partial charge in [-0.2, -0.15) is 0 Å². The maximum atomic E-state index is 12.9. The van der Waals surface area contributed by atoms with Gasteiger partial charge in [0.2, 0.25) is 0 Å². The molecule has 1 N–H and O–H groups in total. The summed E-state index contributed by atoms with van der Waals surface area (Å²) in [6.07, 6.45) is 5.59. The first kappa shape index (κ1) is 19.2. The van der Waals surface area contributed by atoms with Gasteiger partial charge < -0.3 is 19.7 Å². The SMILES string of the molecule is CCOc1cc(C(=O)N2CCC[C@@H](NC)C2)ccc1OCc1ccncc1. The number of likely N-dealkylation sites (N-methyl/N-ethyl adjacent to an activating group) is 1. The normalized spacial score (nSPS) is 16.8. The lowest BCUT2D eigenvalue weighted by atomic mass is 10.0. The van der Waals surface area contributed by atoms with E-state index in [4.69, 9.17) is 9.47 Å². The molecule has 1 aromatic heterocycles. The molecule has 0 radical (unpaired) electrons. The van der Waals surface area contributed by atoms with Crippen LogP contribution in [0.2, 0.25) is 0 Å². The van der Waals surface area contributed by atoms with Crippen molar-refractivity contribution in [2.75, 3.05) is 26.7 Å². The van der Waals surface area contributed by atoms with Gasteiger partial charge in [0.25, 0.3) is 5.91 Å². The topological polar surface area (TPSA) is 63.7 Å². The Balaban J connectivity index is 1.73. The number of aromatic nitrogens is 1. The number of rotatable bonds is 7. The lowest BCUT2D eigenvalue weighted by Crippen LogP contribution is -2.46. The maximum absolute atomic E-state index is 12.9. The van der Waals surface area contributed by atoms with Gasteiger partial charge >= 0.3 is 0 Å². The average molecular weight is 369 g/mol. The number of benzene rings is 1. The molecule has 2 aromatic rings. The zero-order valence-electron chi connectivity index (χ0n) is 16.0. The summed E-state index contributed by atoms with van der Waals surface area (Å²) < 4.78 is 11.6. The van der Waals surface area contributed by atoms with Crippen LogP contribution in [0.5, 0.6) is 11.5 Å². The molecule has 0 aliphatic carbocycles. The molecule has 2 heterocycles. The van der Waals surface area contributed by atoms with Crippen molar-refractivity contribution in [2.24, 2.45) is 0 Å². The van der Waals surface area contributed by atoms with Crippen molar-refractivity contribution in [2.45, 2.75) is 32.4 Å². The Morgan fingerprint density at radius 3 is 2.78 bits per heavy atom. The number of carbonyl (C=O) groups excluding carboxylic acids is 1. The standard InChI is InChI=1S/C21H27N3O3/c1-3-26-20-13-17(21(25)24-12-4-5-18(14-24)22-2)6-7-19(20)27-15-16-8-10-23-11-9-16/h6-11,13,18,22H,3-5,12,14-15H2,1-2H3/t18-/m1/s1. The number of likely N-dealkylation sites (tertiary alicyclic amines) is 1. The summed E-state index contributed by atoms with van der Waals surface area (Å²) in [5, 5.41) is 3.27. The Hall–Kier alpha value is -2.60. The maximum Gasteiger partial charge on any atom is 0.254 e. The first-order valence-electron chi connectivity index (χ1n) is 9.46. The lowest BCUT2D eigenvalue weighted by Gasteiger charge is -2.32. The predicted octanol–water partition coefficient (Wildman–Crippen LogP) is 2.88. The number of carbonyl (C=O) groups is 1. The highest BCUT2D eigenvalue weighted by Crippen LogP contribution is 2.30. The molecule has 6 heteroatoms. The Morgan fingerprint density at radius 1 is 1.22 bits per heavy atom. The Kier molecular flexibility index (Phi) is 6.65. The van der Waals surface area contributed by atoms with Crippen LogP contribution in [0.25, 0.3) is 0 Å². The van der Waals surface area contributed by atoms with Crippen LogP contribution in [-0.2, 0) is 6.61 Å². The molecule has 1 saturated heterocycles. The fourth-order valence-corrected chi connectivity index (χ4v) is 3.25. The van der Waals surface area contributed by atoms with E-state index in [-0.39, 0.29) is 5.91 Å². The highest BCUT2D eigenvalue weighted by atomic mass is 16.5. The van der Waals surface area contributed by atoms with Gasteiger partial charge in [-0.1, -0.05) is 0 Å². The van der Waals surface area contributed by atoms with Crippen LogP contribution >= 0.6 is 0 Å². The molecule has 27 heavy (non-hydrogen) atoms. The van der Waals surface area contributed by atoms with Crippen LogP contribution < -0.4 is 14.8 Å². The second-order valence-corrected chi connectivity index (χ2v) is 6.62. The van der Waals surface area contributed by atoms with Gasteiger partial charge in [-0.05, 0) is 62.7 Å². The summed E-state index contributed by atoms with van der Waals surface area (Å²) in [5.74, 6) is 1.27. The Morgan fingerprint density at radius 2 is 2.04 bits per heavy atom. The number of pyridine rings is 1. The predicted molar refractivity (Wildman–Crippen MR) is 104 cm³/mol. The monoisotopic (exact) mass is 369 g/mol. The van der Waals surface area contributed by atoms with Crippen molar-refractivity contribution in [3.63, 3.8) is 0 Å². The quantitative estimate of drug-likeness (QED) is 0.813. The second kappa shape index (κ2) is 9.37. The van der Waals surface area contributed by atoms with Gasteiger partial charge in [-0.15, -0.1) is 0 Å². The minimum Gasteiger partial charge on any atom is -0.490 e. The highest BCUT2D eigenvalue weighted by molar-refractivity contribution is 5.95. The summed E-state index contributed by atoms with van der Waals surface area (Å²) in [7, 11) is 1.95. The number of ether oxygens (including phenoxy) is 2. The van der Waals surface area contributed by atoms with E-state index in [1.54, 1.807) is 18.5 Å². The molecule has 1 aliphatic heterocycles. The molecule has 1 amide bonds. The minimum absolute atomic E-state index is 0.0385. The van der Waals surface area contributed by atoms with E-state index in [9.17, 15) is 4.79 Å². The molecule has 6 nitrogen and oxygen atoms in total. The smallest absolute Gasteiger partial charge is 0.254 e. The zero-order valence-corrected chi connectivity index (χ0v) is 16.0. The van der Waals surface area contributed by atoms with Crippen molar-refractivity contribution >= 4 is 5.91 Å². The molecular formula is C21H27N3O3. The van der Waals surface area contributed by atoms with Crippen molar-refractivity contribution in [1.82, 2.24) is 15.2 Å². The fourth-order valence-electron chi connectivity index (χ4n) is 3.25. The van der Waals surface area contributed by atoms with Gasteiger partial charge in [0.05, 0.1) is 6.61 Å². The lowest BCUT2D eigenvalue weighted by molar-refractivity contribution is 0.0697. The summed E-state index contributed by atoms with van der Waals surface area (Å²) >= 11 is 0. The molecule has 0 bridgehead atoms. The van der Waals surface area contributed by atoms with E-state index in [0.29, 0.717) is 36.3 Å². The van der Waals surface area contributed by atoms with Gasteiger partial charge in [0.1, 0.15) is 6.61 Å². The third-order valence-electron chi connectivity index (χ3n) is 4.75. The van der Waals surface area contributed by atoms with Crippen molar-refractivity contribution in [3.05, 3.63) is 53.9 Å². The number of amides is 1. The minimum atomic E-state index is 0.0385. The molecule has 3 rings (SSSR count). The Bertz CT molecular complexity index is 752. The van der Waals surface area contributed by atoms with E-state index in [1.807, 2.05) is 43.1 Å². The summed E-state index contributed by atoms with van der Waals surface area (Å²) in [6.45, 7) is 4.38. The molecule has 1 atom stereocenters. The third kappa shape index (κ3) is 4.98. The van der Waals surface area contributed by atoms with Crippen molar-refractivity contribution < 1.29 is 14.3 Å². The van der Waals surface area contributed by atoms with Crippen LogP contribution in [0.4, 0.5) is 0 Å². The number of nitrogens with one attached hydrogen (secondary N) is 1. The van der Waals surface area contributed by atoms with E-state index in [1.165, 1.54) is 0 Å². The number of nitrogens with zero attached hydrogens (tertiary/aromatic N) is 2. The average Bonchev–Trinajstić information content (AvgIpc) is 2.73. The molecule has 0 spiro atoms. The summed E-state index contributed by atoms with van der Waals surface area (Å²) in [5.41, 5.74) is 1.66. The second-order valence-electron chi connectivity index (χ2n) is 6.62. The molecular weight excluding hydrogens is 342 g/mol. The van der Waals surface area contributed by atoms with Crippen LogP contribution in [0.15, 0.2) is 42.7 Å². The zero-order chi connectivity index (χ0) is 19.1. The fraction of sp³-hybridized carbons (Fsp3) is 0.429. The molecule has 1 fully saturated rings. The van der Waals surface area contributed by atoms with E-state index < -0.39 is 0 Å². The Labute approximate surface area is 160 Å². The number of hydrogen-bond acceptors (Lipinski definition) is 5. The van der Waals surface area contributed by atoms with Gasteiger partial charge in [0.15, 0.2) is 11.5 Å². The largest absolute Gasteiger partial charge is 0.490 e. The van der Waals surface area contributed by atoms with Crippen molar-refractivity contribution in [3.8, 4) is 11.5 Å². The molecule has 1 aromatic carbocycles. The van der Waals surface area contributed by atoms with Gasteiger partial charge in [-0.25, -0.2) is 0 Å². The van der Waals surface area contributed by atoms with E-state index in [0.717, 1.165) is 31.5 Å².